The number of para-hydroxylation sites is 1. The topological polar surface area (TPSA) is 88.7 Å². The Morgan fingerprint density at radius 1 is 1.21 bits per heavy atom. The zero-order valence-electron chi connectivity index (χ0n) is 15.8. The van der Waals surface area contributed by atoms with Crippen molar-refractivity contribution in [3.63, 3.8) is 0 Å². The van der Waals surface area contributed by atoms with Crippen molar-refractivity contribution in [1.82, 2.24) is 10.7 Å². The Labute approximate surface area is 165 Å². The number of rotatable bonds is 10. The number of amides is 1. The molecule has 1 amide bonds. The molecule has 0 fully saturated rings. The summed E-state index contributed by atoms with van der Waals surface area (Å²) in [6.07, 6.45) is 5.46. The first-order chi connectivity index (χ1) is 13.5. The molecule has 0 aliphatic carbocycles. The van der Waals surface area contributed by atoms with Crippen LogP contribution in [-0.2, 0) is 4.79 Å². The molecule has 144 valence electrons. The first kappa shape index (κ1) is 20.5. The molecule has 6 nitrogen and oxygen atoms in total. The van der Waals surface area contributed by atoms with Gasteiger partial charge in [0, 0.05) is 18.3 Å². The summed E-state index contributed by atoms with van der Waals surface area (Å²) in [4.78, 5) is 10.9. The smallest absolute Gasteiger partial charge is 0.255 e. The van der Waals surface area contributed by atoms with Gasteiger partial charge >= 0.3 is 0 Å². The number of ether oxygens (including phenoxy) is 1. The maximum atomic E-state index is 10.9. The van der Waals surface area contributed by atoms with Gasteiger partial charge in [-0.1, -0.05) is 49.6 Å². The van der Waals surface area contributed by atoms with E-state index in [1.165, 1.54) is 0 Å². The molecule has 0 heterocycles. The summed E-state index contributed by atoms with van der Waals surface area (Å²) in [6, 6.07) is 15.1. The first-order valence-corrected chi connectivity index (χ1v) is 8.63. The normalized spacial score (nSPS) is 10.8. The third-order valence-corrected chi connectivity index (χ3v) is 3.73. The molecule has 6 heteroatoms. The third kappa shape index (κ3) is 6.49. The Bertz CT molecular complexity index is 916. The molecule has 4 N–H and O–H groups in total. The van der Waals surface area contributed by atoms with Gasteiger partial charge in [-0.3, -0.25) is 10.2 Å². The van der Waals surface area contributed by atoms with Crippen molar-refractivity contribution >= 4 is 23.9 Å². The van der Waals surface area contributed by atoms with E-state index in [0.717, 1.165) is 16.8 Å². The largest absolute Gasteiger partial charge is 0.483 e. The number of nitrogens with zero attached hydrogens (tertiary/aromatic N) is 1. The van der Waals surface area contributed by atoms with Crippen molar-refractivity contribution in [2.45, 2.75) is 0 Å². The van der Waals surface area contributed by atoms with Crippen molar-refractivity contribution < 1.29 is 9.53 Å². The monoisotopic (exact) mass is 376 g/mol. The van der Waals surface area contributed by atoms with E-state index < -0.39 is 5.91 Å². The van der Waals surface area contributed by atoms with Crippen LogP contribution in [-0.4, -0.2) is 25.8 Å². The molecule has 0 unspecified atom stereocenters. The van der Waals surface area contributed by atoms with Gasteiger partial charge in [0.05, 0.1) is 11.9 Å². The van der Waals surface area contributed by atoms with Crippen LogP contribution < -0.4 is 21.2 Å². The number of hydrazone groups is 1. The van der Waals surface area contributed by atoms with Crippen molar-refractivity contribution in [2.75, 3.05) is 13.7 Å². The number of nitrogens with two attached hydrogens (primary N) is 1. The molecule has 0 aromatic heterocycles. The fourth-order valence-electron chi connectivity index (χ4n) is 2.22. The quantitative estimate of drug-likeness (QED) is 0.338. The zero-order valence-corrected chi connectivity index (χ0v) is 15.8. The van der Waals surface area contributed by atoms with E-state index in [0.29, 0.717) is 17.0 Å². The molecular formula is C22H24N4O2. The number of hydrogen-bond acceptors (Lipinski definition) is 5. The van der Waals surface area contributed by atoms with E-state index in [1.807, 2.05) is 61.7 Å². The minimum Gasteiger partial charge on any atom is -0.483 e. The lowest BCUT2D eigenvalue weighted by Crippen LogP contribution is -2.20. The zero-order chi connectivity index (χ0) is 20.4. The predicted octanol–water partition coefficient (Wildman–Crippen LogP) is 2.89. The molecule has 2 aromatic rings. The Balaban J connectivity index is 2.03. The van der Waals surface area contributed by atoms with E-state index in [4.69, 9.17) is 10.5 Å². The molecule has 2 rings (SSSR count). The van der Waals surface area contributed by atoms with Crippen LogP contribution in [0.2, 0.25) is 0 Å². The molecule has 2 aromatic carbocycles. The van der Waals surface area contributed by atoms with E-state index in [1.54, 1.807) is 12.3 Å². The van der Waals surface area contributed by atoms with Crippen LogP contribution in [0.5, 0.6) is 5.75 Å². The Kier molecular flexibility index (Phi) is 7.60. The van der Waals surface area contributed by atoms with Gasteiger partial charge < -0.3 is 15.8 Å². The number of primary amides is 1. The molecule has 0 radical (unpaired) electrons. The molecule has 0 atom stereocenters. The van der Waals surface area contributed by atoms with Gasteiger partial charge in [0.1, 0.15) is 5.75 Å². The molecule has 28 heavy (non-hydrogen) atoms. The van der Waals surface area contributed by atoms with Crippen LogP contribution in [0.3, 0.4) is 0 Å². The number of carbonyl (C=O) groups is 1. The van der Waals surface area contributed by atoms with Gasteiger partial charge in [-0.2, -0.15) is 5.10 Å². The minimum atomic E-state index is -0.537. The summed E-state index contributed by atoms with van der Waals surface area (Å²) >= 11 is 0. The van der Waals surface area contributed by atoms with Crippen molar-refractivity contribution in [2.24, 2.45) is 10.8 Å². The van der Waals surface area contributed by atoms with Gasteiger partial charge in [-0.05, 0) is 35.4 Å². The number of likely N-dealkylation sites (N-methyl/N-ethyl adjacent to an activating group) is 1. The molecule has 0 bridgehead atoms. The van der Waals surface area contributed by atoms with Crippen LogP contribution >= 0.6 is 0 Å². The minimum absolute atomic E-state index is 0.189. The lowest BCUT2D eigenvalue weighted by atomic mass is 10.1. The standard InChI is InChI=1S/C22H24N4O2/c1-16(24-3)11-12-18-7-6-9-19(13-18)17(2)26-25-14-20-8-4-5-10-21(20)28-15-22(23)27/h4-14,24,26H,1-2,15H2,3H3,(H2,23,27)/b12-11+,25-14+. The van der Waals surface area contributed by atoms with Gasteiger partial charge in [-0.25, -0.2) is 0 Å². The lowest BCUT2D eigenvalue weighted by molar-refractivity contribution is -0.119. The fourth-order valence-corrected chi connectivity index (χ4v) is 2.22. The average Bonchev–Trinajstić information content (AvgIpc) is 2.71. The highest BCUT2D eigenvalue weighted by atomic mass is 16.5. The molecule has 0 saturated carbocycles. The van der Waals surface area contributed by atoms with E-state index in [-0.39, 0.29) is 6.61 Å². The Hall–Kier alpha value is -3.80. The maximum Gasteiger partial charge on any atom is 0.255 e. The van der Waals surface area contributed by atoms with Crippen molar-refractivity contribution in [3.8, 4) is 5.75 Å². The third-order valence-electron chi connectivity index (χ3n) is 3.73. The van der Waals surface area contributed by atoms with Gasteiger partial charge in [0.2, 0.25) is 0 Å². The highest BCUT2D eigenvalue weighted by Gasteiger charge is 2.03. The number of hydrogen-bond donors (Lipinski definition) is 3. The highest BCUT2D eigenvalue weighted by Crippen LogP contribution is 2.16. The SMILES string of the molecule is C=C(/C=C/c1cccc(C(=C)N/N=C/c2ccccc2OCC(N)=O)c1)NC. The maximum absolute atomic E-state index is 10.9. The first-order valence-electron chi connectivity index (χ1n) is 8.63. The molecule has 0 saturated heterocycles. The summed E-state index contributed by atoms with van der Waals surface area (Å²) in [6.45, 7) is 7.69. The van der Waals surface area contributed by atoms with E-state index >= 15 is 0 Å². The number of benzene rings is 2. The summed E-state index contributed by atoms with van der Waals surface area (Å²) in [7, 11) is 1.82. The Morgan fingerprint density at radius 2 is 2.00 bits per heavy atom. The van der Waals surface area contributed by atoms with E-state index in [2.05, 4.69) is 29.0 Å². The number of nitrogens with one attached hydrogen (secondary N) is 2. The summed E-state index contributed by atoms with van der Waals surface area (Å²) in [5.74, 6) is -0.0140. The van der Waals surface area contributed by atoms with Crippen molar-refractivity contribution in [1.29, 1.82) is 0 Å². The van der Waals surface area contributed by atoms with Gasteiger partial charge in [-0.15, -0.1) is 0 Å². The highest BCUT2D eigenvalue weighted by molar-refractivity contribution is 5.84. The summed E-state index contributed by atoms with van der Waals surface area (Å²) in [5, 5.41) is 7.18. The second-order valence-corrected chi connectivity index (χ2v) is 5.88. The Morgan fingerprint density at radius 3 is 2.75 bits per heavy atom. The van der Waals surface area contributed by atoms with Crippen molar-refractivity contribution in [3.05, 3.63) is 90.2 Å². The number of carbonyl (C=O) groups excluding carboxylic acids is 1. The van der Waals surface area contributed by atoms with Crippen LogP contribution in [0, 0.1) is 0 Å². The predicted molar refractivity (Wildman–Crippen MR) is 115 cm³/mol. The van der Waals surface area contributed by atoms with Crippen LogP contribution in [0.25, 0.3) is 11.8 Å². The summed E-state index contributed by atoms with van der Waals surface area (Å²) in [5.41, 5.74) is 12.1. The van der Waals surface area contributed by atoms with Gasteiger partial charge in [0.15, 0.2) is 6.61 Å². The van der Waals surface area contributed by atoms with Gasteiger partial charge in [0.25, 0.3) is 5.91 Å². The molecule has 0 aliphatic rings. The molecule has 0 spiro atoms. The summed E-state index contributed by atoms with van der Waals surface area (Å²) < 4.78 is 5.38. The van der Waals surface area contributed by atoms with Crippen LogP contribution in [0.1, 0.15) is 16.7 Å². The lowest BCUT2D eigenvalue weighted by Gasteiger charge is -2.08. The van der Waals surface area contributed by atoms with E-state index in [9.17, 15) is 4.79 Å². The van der Waals surface area contributed by atoms with Crippen LogP contribution in [0.15, 0.2) is 78.6 Å². The molecule has 0 aliphatic heterocycles. The second kappa shape index (κ2) is 10.4. The average molecular weight is 376 g/mol. The van der Waals surface area contributed by atoms with Crippen LogP contribution in [0.4, 0.5) is 0 Å². The molecular weight excluding hydrogens is 352 g/mol. The fraction of sp³-hybridized carbons (Fsp3) is 0.0909. The number of allylic oxidation sites excluding steroid dienone is 1. The second-order valence-electron chi connectivity index (χ2n) is 5.88.